The summed E-state index contributed by atoms with van der Waals surface area (Å²) in [5, 5.41) is 2.65. The Bertz CT molecular complexity index is 398. The van der Waals surface area contributed by atoms with Gasteiger partial charge in [0.1, 0.15) is 0 Å². The van der Waals surface area contributed by atoms with Crippen LogP contribution in [0.2, 0.25) is 0 Å². The van der Waals surface area contributed by atoms with E-state index in [4.69, 9.17) is 5.73 Å². The maximum atomic E-state index is 12.5. The third-order valence-electron chi connectivity index (χ3n) is 3.81. The van der Waals surface area contributed by atoms with Gasteiger partial charge in [-0.2, -0.15) is 4.31 Å². The normalized spacial score (nSPS) is 25.9. The molecule has 1 amide bonds. The van der Waals surface area contributed by atoms with Gasteiger partial charge in [0.15, 0.2) is 0 Å². The molecule has 1 aliphatic carbocycles. The van der Waals surface area contributed by atoms with Gasteiger partial charge in [-0.05, 0) is 25.8 Å². The number of nitrogens with two attached hydrogens (primary N) is 1. The summed E-state index contributed by atoms with van der Waals surface area (Å²) in [6, 6.07) is -0.0388. The number of hydrogen-bond donors (Lipinski definition) is 2. The molecule has 2 aliphatic rings. The number of nitrogens with one attached hydrogen (secondary N) is 1. The molecular formula is C11H21N3O3S. The number of sulfonamides is 1. The van der Waals surface area contributed by atoms with E-state index < -0.39 is 21.2 Å². The molecule has 6 nitrogen and oxygen atoms in total. The number of carbonyl (C=O) groups excluding carboxylic acids is 1. The van der Waals surface area contributed by atoms with E-state index in [9.17, 15) is 13.2 Å². The molecule has 0 aromatic rings. The minimum Gasteiger partial charge on any atom is -0.369 e. The van der Waals surface area contributed by atoms with Gasteiger partial charge >= 0.3 is 0 Å². The summed E-state index contributed by atoms with van der Waals surface area (Å²) in [6.07, 6.45) is 4.35. The molecule has 1 aliphatic heterocycles. The van der Waals surface area contributed by atoms with Crippen LogP contribution in [0, 0.1) is 0 Å². The van der Waals surface area contributed by atoms with Gasteiger partial charge in [0, 0.05) is 12.6 Å². The lowest BCUT2D eigenvalue weighted by atomic mass is 10.2. The number of rotatable bonds is 5. The molecule has 2 fully saturated rings. The molecule has 18 heavy (non-hydrogen) atoms. The number of hydrogen-bond acceptors (Lipinski definition) is 4. The first kappa shape index (κ1) is 13.8. The lowest BCUT2D eigenvalue weighted by Gasteiger charge is -2.29. The van der Waals surface area contributed by atoms with E-state index in [0.29, 0.717) is 13.0 Å². The summed E-state index contributed by atoms with van der Waals surface area (Å²) >= 11 is 0. The first-order chi connectivity index (χ1) is 8.51. The molecule has 104 valence electrons. The van der Waals surface area contributed by atoms with Gasteiger partial charge in [-0.15, -0.1) is 0 Å². The number of nitrogens with zero attached hydrogens (tertiary/aromatic N) is 1. The fourth-order valence-corrected chi connectivity index (χ4v) is 4.91. The predicted molar refractivity (Wildman–Crippen MR) is 68.4 cm³/mol. The molecule has 7 heteroatoms. The van der Waals surface area contributed by atoms with Crippen LogP contribution in [0.15, 0.2) is 0 Å². The Balaban J connectivity index is 2.18. The molecule has 0 spiro atoms. The average molecular weight is 275 g/mol. The molecule has 1 atom stereocenters. The minimum absolute atomic E-state index is 0.0388. The topological polar surface area (TPSA) is 92.5 Å². The van der Waals surface area contributed by atoms with Crippen molar-refractivity contribution in [3.05, 3.63) is 0 Å². The summed E-state index contributed by atoms with van der Waals surface area (Å²) in [7, 11) is -3.41. The highest BCUT2D eigenvalue weighted by molar-refractivity contribution is 7.89. The van der Waals surface area contributed by atoms with Gasteiger partial charge in [0.05, 0.1) is 11.8 Å². The smallest absolute Gasteiger partial charge is 0.232 e. The summed E-state index contributed by atoms with van der Waals surface area (Å²) in [6.45, 7) is 1.02. The SMILES string of the molecule is NC(=O)CN(C1CCCC1)S(=O)(=O)C1CCNC1. The fraction of sp³-hybridized carbons (Fsp3) is 0.909. The van der Waals surface area contributed by atoms with Crippen LogP contribution in [0.4, 0.5) is 0 Å². The summed E-state index contributed by atoms with van der Waals surface area (Å²) in [4.78, 5) is 11.1. The number of carbonyl (C=O) groups is 1. The second-order valence-electron chi connectivity index (χ2n) is 5.11. The van der Waals surface area contributed by atoms with Crippen LogP contribution < -0.4 is 11.1 Å². The summed E-state index contributed by atoms with van der Waals surface area (Å²) in [5.74, 6) is -0.573. The Hall–Kier alpha value is -0.660. The van der Waals surface area contributed by atoms with Crippen LogP contribution in [0.25, 0.3) is 0 Å². The molecule has 0 aromatic heterocycles. The lowest BCUT2D eigenvalue weighted by Crippen LogP contribution is -2.48. The average Bonchev–Trinajstić information content (AvgIpc) is 2.98. The second-order valence-corrected chi connectivity index (χ2v) is 7.28. The van der Waals surface area contributed by atoms with Crippen LogP contribution in [-0.4, -0.2) is 49.6 Å². The van der Waals surface area contributed by atoms with E-state index >= 15 is 0 Å². The zero-order chi connectivity index (χ0) is 13.2. The van der Waals surface area contributed by atoms with Crippen molar-refractivity contribution in [1.82, 2.24) is 9.62 Å². The van der Waals surface area contributed by atoms with Crippen LogP contribution in [0.5, 0.6) is 0 Å². The largest absolute Gasteiger partial charge is 0.369 e. The van der Waals surface area contributed by atoms with Crippen molar-refractivity contribution in [2.24, 2.45) is 5.73 Å². The van der Waals surface area contributed by atoms with Crippen LogP contribution >= 0.6 is 0 Å². The molecule has 0 bridgehead atoms. The monoisotopic (exact) mass is 275 g/mol. The van der Waals surface area contributed by atoms with E-state index in [2.05, 4.69) is 5.32 Å². The Morgan fingerprint density at radius 1 is 1.28 bits per heavy atom. The molecule has 1 saturated carbocycles. The summed E-state index contributed by atoms with van der Waals surface area (Å²) in [5.41, 5.74) is 5.20. The van der Waals surface area contributed by atoms with Crippen molar-refractivity contribution < 1.29 is 13.2 Å². The lowest BCUT2D eigenvalue weighted by molar-refractivity contribution is -0.118. The molecule has 1 unspecified atom stereocenters. The van der Waals surface area contributed by atoms with Gasteiger partial charge in [-0.25, -0.2) is 8.42 Å². The van der Waals surface area contributed by atoms with Crippen molar-refractivity contribution in [3.8, 4) is 0 Å². The highest BCUT2D eigenvalue weighted by Gasteiger charge is 2.39. The zero-order valence-electron chi connectivity index (χ0n) is 10.5. The van der Waals surface area contributed by atoms with E-state index in [1.165, 1.54) is 4.31 Å². The Labute approximate surface area is 108 Å². The molecule has 3 N–H and O–H groups in total. The maximum Gasteiger partial charge on any atom is 0.232 e. The first-order valence-electron chi connectivity index (χ1n) is 6.51. The highest BCUT2D eigenvalue weighted by atomic mass is 32.2. The van der Waals surface area contributed by atoms with Crippen LogP contribution in [0.3, 0.4) is 0 Å². The van der Waals surface area contributed by atoms with Crippen molar-refractivity contribution in [1.29, 1.82) is 0 Å². The molecular weight excluding hydrogens is 254 g/mol. The van der Waals surface area contributed by atoms with Crippen molar-refractivity contribution in [2.75, 3.05) is 19.6 Å². The molecule has 1 saturated heterocycles. The van der Waals surface area contributed by atoms with Crippen molar-refractivity contribution in [2.45, 2.75) is 43.4 Å². The number of amides is 1. The van der Waals surface area contributed by atoms with E-state index in [0.717, 1.165) is 32.2 Å². The molecule has 0 aromatic carbocycles. The molecule has 0 radical (unpaired) electrons. The third kappa shape index (κ3) is 2.84. The van der Waals surface area contributed by atoms with Crippen molar-refractivity contribution >= 4 is 15.9 Å². The van der Waals surface area contributed by atoms with E-state index in [-0.39, 0.29) is 12.6 Å². The Morgan fingerprint density at radius 2 is 1.94 bits per heavy atom. The minimum atomic E-state index is -3.41. The van der Waals surface area contributed by atoms with E-state index in [1.807, 2.05) is 0 Å². The third-order valence-corrected chi connectivity index (χ3v) is 6.13. The molecule has 1 heterocycles. The standard InChI is InChI=1S/C11H21N3O3S/c12-11(15)8-14(9-3-1-2-4-9)18(16,17)10-5-6-13-7-10/h9-10,13H,1-8H2,(H2,12,15). The summed E-state index contributed by atoms with van der Waals surface area (Å²) < 4.78 is 26.4. The van der Waals surface area contributed by atoms with Crippen molar-refractivity contribution in [3.63, 3.8) is 0 Å². The van der Waals surface area contributed by atoms with Gasteiger partial charge in [0.25, 0.3) is 0 Å². The van der Waals surface area contributed by atoms with Crippen LogP contribution in [0.1, 0.15) is 32.1 Å². The zero-order valence-corrected chi connectivity index (χ0v) is 11.3. The van der Waals surface area contributed by atoms with Crippen LogP contribution in [-0.2, 0) is 14.8 Å². The quantitative estimate of drug-likeness (QED) is 0.701. The Kier molecular flexibility index (Phi) is 4.24. The maximum absolute atomic E-state index is 12.5. The predicted octanol–water partition coefficient (Wildman–Crippen LogP) is -0.592. The number of primary amides is 1. The molecule has 2 rings (SSSR count). The first-order valence-corrected chi connectivity index (χ1v) is 8.02. The van der Waals surface area contributed by atoms with Gasteiger partial charge in [0.2, 0.25) is 15.9 Å². The highest BCUT2D eigenvalue weighted by Crippen LogP contribution is 2.28. The second kappa shape index (κ2) is 5.54. The van der Waals surface area contributed by atoms with Gasteiger partial charge in [-0.3, -0.25) is 4.79 Å². The fourth-order valence-electron chi connectivity index (χ4n) is 2.85. The van der Waals surface area contributed by atoms with E-state index in [1.54, 1.807) is 0 Å². The van der Waals surface area contributed by atoms with Gasteiger partial charge < -0.3 is 11.1 Å². The van der Waals surface area contributed by atoms with Gasteiger partial charge in [-0.1, -0.05) is 12.8 Å². The Morgan fingerprint density at radius 3 is 2.44 bits per heavy atom.